The number of carboxylic acids is 1. The molecule has 1 aromatic rings. The summed E-state index contributed by atoms with van der Waals surface area (Å²) in [5.74, 6) is -0.857. The molecule has 0 aliphatic carbocycles. The molecule has 18 heavy (non-hydrogen) atoms. The standard InChI is InChI=1S/C13H15Cl2NO2/c1-9(2)8-16(7-6-12(17)18)13-10(14)4-3-5-11(13)15/h3-5H,1,6-8H2,2H3,(H,17,18). The predicted molar refractivity (Wildman–Crippen MR) is 75.7 cm³/mol. The molecular weight excluding hydrogens is 273 g/mol. The third-order valence-corrected chi connectivity index (χ3v) is 2.92. The quantitative estimate of drug-likeness (QED) is 0.808. The summed E-state index contributed by atoms with van der Waals surface area (Å²) in [4.78, 5) is 12.5. The average Bonchev–Trinajstić information content (AvgIpc) is 2.24. The second-order valence-corrected chi connectivity index (χ2v) is 4.91. The van der Waals surface area contributed by atoms with Gasteiger partial charge in [0, 0.05) is 13.1 Å². The lowest BCUT2D eigenvalue weighted by atomic mass is 10.2. The van der Waals surface area contributed by atoms with Crippen LogP contribution < -0.4 is 4.90 Å². The van der Waals surface area contributed by atoms with Gasteiger partial charge in [-0.3, -0.25) is 4.79 Å². The third kappa shape index (κ3) is 4.24. The molecule has 0 radical (unpaired) electrons. The SMILES string of the molecule is C=C(C)CN(CCC(=O)O)c1c(Cl)cccc1Cl. The number of hydrogen-bond acceptors (Lipinski definition) is 2. The summed E-state index contributed by atoms with van der Waals surface area (Å²) < 4.78 is 0. The lowest BCUT2D eigenvalue weighted by molar-refractivity contribution is -0.136. The van der Waals surface area contributed by atoms with Crippen molar-refractivity contribution in [1.82, 2.24) is 0 Å². The Morgan fingerprint density at radius 2 is 1.94 bits per heavy atom. The zero-order valence-corrected chi connectivity index (χ0v) is 11.6. The molecule has 0 fully saturated rings. The van der Waals surface area contributed by atoms with E-state index in [4.69, 9.17) is 28.3 Å². The minimum absolute atomic E-state index is 0.0227. The Morgan fingerprint density at radius 3 is 2.39 bits per heavy atom. The van der Waals surface area contributed by atoms with Crippen molar-refractivity contribution in [2.45, 2.75) is 13.3 Å². The number of nitrogens with zero attached hydrogens (tertiary/aromatic N) is 1. The molecule has 98 valence electrons. The molecule has 0 unspecified atom stereocenters. The van der Waals surface area contributed by atoms with Crippen LogP contribution in [-0.4, -0.2) is 24.2 Å². The Labute approximate surface area is 117 Å². The van der Waals surface area contributed by atoms with Crippen molar-refractivity contribution in [3.8, 4) is 0 Å². The summed E-state index contributed by atoms with van der Waals surface area (Å²) >= 11 is 12.2. The van der Waals surface area contributed by atoms with Crippen molar-refractivity contribution >= 4 is 34.9 Å². The van der Waals surface area contributed by atoms with E-state index in [1.54, 1.807) is 18.2 Å². The molecule has 1 rings (SSSR count). The summed E-state index contributed by atoms with van der Waals surface area (Å²) in [5.41, 5.74) is 1.57. The van der Waals surface area contributed by atoms with Crippen LogP contribution in [0.15, 0.2) is 30.4 Å². The van der Waals surface area contributed by atoms with Crippen LogP contribution in [0.25, 0.3) is 0 Å². The fourth-order valence-electron chi connectivity index (χ4n) is 1.62. The first kappa shape index (κ1) is 14.9. The van der Waals surface area contributed by atoms with Gasteiger partial charge >= 0.3 is 5.97 Å². The van der Waals surface area contributed by atoms with Gasteiger partial charge in [-0.2, -0.15) is 0 Å². The molecule has 0 atom stereocenters. The Hall–Kier alpha value is -1.19. The van der Waals surface area contributed by atoms with Crippen LogP contribution in [0.2, 0.25) is 10.0 Å². The van der Waals surface area contributed by atoms with Crippen LogP contribution in [0.5, 0.6) is 0 Å². The van der Waals surface area contributed by atoms with E-state index in [-0.39, 0.29) is 6.42 Å². The number of hydrogen-bond donors (Lipinski definition) is 1. The molecular formula is C13H15Cl2NO2. The van der Waals surface area contributed by atoms with Crippen molar-refractivity contribution in [3.63, 3.8) is 0 Å². The van der Waals surface area contributed by atoms with Gasteiger partial charge in [0.15, 0.2) is 0 Å². The first-order chi connectivity index (χ1) is 8.41. The molecule has 0 aromatic heterocycles. The van der Waals surface area contributed by atoms with E-state index < -0.39 is 5.97 Å². The molecule has 0 aliphatic rings. The van der Waals surface area contributed by atoms with Gasteiger partial charge < -0.3 is 10.0 Å². The maximum Gasteiger partial charge on any atom is 0.305 e. The van der Waals surface area contributed by atoms with Gasteiger partial charge in [0.25, 0.3) is 0 Å². The normalized spacial score (nSPS) is 10.2. The number of carboxylic acid groups (broad SMARTS) is 1. The van der Waals surface area contributed by atoms with E-state index >= 15 is 0 Å². The van der Waals surface area contributed by atoms with Crippen LogP contribution in [0.4, 0.5) is 5.69 Å². The lowest BCUT2D eigenvalue weighted by Gasteiger charge is -2.26. The van der Waals surface area contributed by atoms with Gasteiger partial charge in [-0.1, -0.05) is 41.4 Å². The maximum absolute atomic E-state index is 10.7. The number of halogens is 2. The number of para-hydroxylation sites is 1. The number of aliphatic carboxylic acids is 1. The van der Waals surface area contributed by atoms with Crippen LogP contribution in [0.3, 0.4) is 0 Å². The Bertz CT molecular complexity index is 440. The number of anilines is 1. The second-order valence-electron chi connectivity index (χ2n) is 4.09. The van der Waals surface area contributed by atoms with Gasteiger partial charge in [0.05, 0.1) is 22.2 Å². The molecule has 0 heterocycles. The summed E-state index contributed by atoms with van der Waals surface area (Å²) in [7, 11) is 0. The van der Waals surface area contributed by atoms with E-state index in [0.29, 0.717) is 28.8 Å². The monoisotopic (exact) mass is 287 g/mol. The van der Waals surface area contributed by atoms with Gasteiger partial charge in [-0.15, -0.1) is 0 Å². The molecule has 0 spiro atoms. The van der Waals surface area contributed by atoms with E-state index in [2.05, 4.69) is 6.58 Å². The Balaban J connectivity index is 3.00. The molecule has 0 saturated carbocycles. The zero-order valence-electron chi connectivity index (χ0n) is 10.1. The molecule has 0 saturated heterocycles. The van der Waals surface area contributed by atoms with E-state index in [1.165, 1.54) is 0 Å². The van der Waals surface area contributed by atoms with Crippen molar-refractivity contribution in [1.29, 1.82) is 0 Å². The first-order valence-corrected chi connectivity index (χ1v) is 6.22. The average molecular weight is 288 g/mol. The van der Waals surface area contributed by atoms with Crippen LogP contribution in [0, 0.1) is 0 Å². The predicted octanol–water partition coefficient (Wildman–Crippen LogP) is 3.85. The topological polar surface area (TPSA) is 40.5 Å². The maximum atomic E-state index is 10.7. The highest BCUT2D eigenvalue weighted by Crippen LogP contribution is 2.33. The fraction of sp³-hybridized carbons (Fsp3) is 0.308. The minimum atomic E-state index is -0.857. The van der Waals surface area contributed by atoms with Crippen molar-refractivity contribution < 1.29 is 9.90 Å². The van der Waals surface area contributed by atoms with Crippen molar-refractivity contribution in [3.05, 3.63) is 40.4 Å². The van der Waals surface area contributed by atoms with Gasteiger partial charge in [0.2, 0.25) is 0 Å². The lowest BCUT2D eigenvalue weighted by Crippen LogP contribution is -2.28. The van der Waals surface area contributed by atoms with Gasteiger partial charge in [0.1, 0.15) is 0 Å². The number of rotatable bonds is 6. The number of carbonyl (C=O) groups is 1. The smallest absolute Gasteiger partial charge is 0.305 e. The van der Waals surface area contributed by atoms with Crippen molar-refractivity contribution in [2.24, 2.45) is 0 Å². The third-order valence-electron chi connectivity index (χ3n) is 2.31. The molecule has 0 amide bonds. The molecule has 3 nitrogen and oxygen atoms in total. The van der Waals surface area contributed by atoms with E-state index in [9.17, 15) is 4.79 Å². The van der Waals surface area contributed by atoms with E-state index in [0.717, 1.165) is 5.57 Å². The number of benzene rings is 1. The summed E-state index contributed by atoms with van der Waals surface area (Å²) in [5, 5.41) is 9.78. The largest absolute Gasteiger partial charge is 0.481 e. The summed E-state index contributed by atoms with van der Waals surface area (Å²) in [6, 6.07) is 5.22. The van der Waals surface area contributed by atoms with Crippen molar-refractivity contribution in [2.75, 3.05) is 18.0 Å². The summed E-state index contributed by atoms with van der Waals surface area (Å²) in [6.45, 7) is 6.57. The zero-order chi connectivity index (χ0) is 13.7. The first-order valence-electron chi connectivity index (χ1n) is 5.47. The van der Waals surface area contributed by atoms with Crippen LogP contribution >= 0.6 is 23.2 Å². The highest BCUT2D eigenvalue weighted by Gasteiger charge is 2.15. The molecule has 0 bridgehead atoms. The second kappa shape index (κ2) is 6.66. The Kier molecular flexibility index (Phi) is 5.51. The van der Waals surface area contributed by atoms with E-state index in [1.807, 2.05) is 11.8 Å². The molecule has 1 N–H and O–H groups in total. The van der Waals surface area contributed by atoms with Gasteiger partial charge in [-0.25, -0.2) is 0 Å². The Morgan fingerprint density at radius 1 is 1.39 bits per heavy atom. The highest BCUT2D eigenvalue weighted by atomic mass is 35.5. The minimum Gasteiger partial charge on any atom is -0.481 e. The molecule has 0 aliphatic heterocycles. The van der Waals surface area contributed by atoms with Gasteiger partial charge in [-0.05, 0) is 19.1 Å². The molecule has 1 aromatic carbocycles. The summed E-state index contributed by atoms with van der Waals surface area (Å²) in [6.07, 6.45) is 0.0227. The van der Waals surface area contributed by atoms with Crippen LogP contribution in [-0.2, 0) is 4.79 Å². The fourth-order valence-corrected chi connectivity index (χ4v) is 2.25. The highest BCUT2D eigenvalue weighted by molar-refractivity contribution is 6.39. The van der Waals surface area contributed by atoms with Crippen LogP contribution in [0.1, 0.15) is 13.3 Å². The molecule has 5 heteroatoms.